The van der Waals surface area contributed by atoms with Crippen molar-refractivity contribution in [3.63, 3.8) is 0 Å². The number of carbonyl (C=O) groups excluding carboxylic acids is 1. The maximum absolute atomic E-state index is 11.5. The van der Waals surface area contributed by atoms with Crippen molar-refractivity contribution < 1.29 is 10.0 Å². The average molecular weight is 379 g/mol. The summed E-state index contributed by atoms with van der Waals surface area (Å²) in [4.78, 5) is 25.2. The number of nitrogens with zero attached hydrogens (tertiary/aromatic N) is 2. The number of hydrogen-bond donors (Lipinski definition) is 4. The standard InChI is InChI=1S/C19H17N5O2S/c25-19(24-26)17-9-8-16(27-17)15-7-3-4-12(21-15)10-20-11-18-22-13-5-1-2-6-14(13)23-18/h1-9,20,26H,10-11H2,(H,22,23)(H,24,25). The van der Waals surface area contributed by atoms with Gasteiger partial charge in [0.2, 0.25) is 0 Å². The van der Waals surface area contributed by atoms with Gasteiger partial charge in [-0.3, -0.25) is 15.0 Å². The Balaban J connectivity index is 1.41. The van der Waals surface area contributed by atoms with Gasteiger partial charge in [0.05, 0.1) is 38.7 Å². The number of aromatic nitrogens is 3. The van der Waals surface area contributed by atoms with Crippen molar-refractivity contribution in [1.82, 2.24) is 25.7 Å². The summed E-state index contributed by atoms with van der Waals surface area (Å²) in [6.07, 6.45) is 0. The van der Waals surface area contributed by atoms with Crippen molar-refractivity contribution >= 4 is 28.3 Å². The summed E-state index contributed by atoms with van der Waals surface area (Å²) in [6.45, 7) is 1.21. The van der Waals surface area contributed by atoms with Gasteiger partial charge in [-0.1, -0.05) is 18.2 Å². The topological polar surface area (TPSA) is 103 Å². The Morgan fingerprint density at radius 2 is 1.93 bits per heavy atom. The maximum atomic E-state index is 11.5. The summed E-state index contributed by atoms with van der Waals surface area (Å²) in [7, 11) is 0. The highest BCUT2D eigenvalue weighted by atomic mass is 32.1. The van der Waals surface area contributed by atoms with Crippen LogP contribution in [0.3, 0.4) is 0 Å². The van der Waals surface area contributed by atoms with E-state index in [0.29, 0.717) is 18.0 Å². The molecule has 0 aliphatic heterocycles. The lowest BCUT2D eigenvalue weighted by Crippen LogP contribution is -2.16. The molecule has 3 aromatic heterocycles. The molecule has 0 bridgehead atoms. The van der Waals surface area contributed by atoms with E-state index in [4.69, 9.17) is 5.21 Å². The van der Waals surface area contributed by atoms with Crippen LogP contribution in [0.1, 0.15) is 21.2 Å². The first-order valence-electron chi connectivity index (χ1n) is 8.38. The quantitative estimate of drug-likeness (QED) is 0.304. The van der Waals surface area contributed by atoms with E-state index >= 15 is 0 Å². The number of nitrogens with one attached hydrogen (secondary N) is 3. The van der Waals surface area contributed by atoms with Crippen molar-refractivity contribution in [2.24, 2.45) is 0 Å². The molecular weight excluding hydrogens is 362 g/mol. The van der Waals surface area contributed by atoms with E-state index in [1.54, 1.807) is 11.5 Å². The summed E-state index contributed by atoms with van der Waals surface area (Å²) in [5, 5.41) is 12.1. The number of rotatable bonds is 6. The van der Waals surface area contributed by atoms with Crippen LogP contribution in [0.4, 0.5) is 0 Å². The zero-order chi connectivity index (χ0) is 18.6. The maximum Gasteiger partial charge on any atom is 0.284 e. The van der Waals surface area contributed by atoms with E-state index in [0.717, 1.165) is 33.1 Å². The van der Waals surface area contributed by atoms with Crippen LogP contribution in [0, 0.1) is 0 Å². The molecule has 0 aliphatic carbocycles. The molecule has 1 amide bonds. The van der Waals surface area contributed by atoms with Gasteiger partial charge in [0.1, 0.15) is 5.82 Å². The second-order valence-corrected chi connectivity index (χ2v) is 7.01. The van der Waals surface area contributed by atoms with Crippen LogP contribution in [0.5, 0.6) is 0 Å². The fraction of sp³-hybridized carbons (Fsp3) is 0.105. The van der Waals surface area contributed by atoms with E-state index in [9.17, 15) is 4.79 Å². The Morgan fingerprint density at radius 1 is 1.04 bits per heavy atom. The third-order valence-corrected chi connectivity index (χ3v) is 5.13. The molecule has 0 radical (unpaired) electrons. The minimum absolute atomic E-state index is 0.433. The molecule has 0 saturated carbocycles. The van der Waals surface area contributed by atoms with Crippen LogP contribution >= 0.6 is 11.3 Å². The minimum Gasteiger partial charge on any atom is -0.341 e. The number of imidazole rings is 1. The lowest BCUT2D eigenvalue weighted by molar-refractivity contribution is 0.0711. The smallest absolute Gasteiger partial charge is 0.284 e. The number of hydrogen-bond acceptors (Lipinski definition) is 6. The number of benzene rings is 1. The average Bonchev–Trinajstić information content (AvgIpc) is 3.34. The Bertz CT molecular complexity index is 1060. The van der Waals surface area contributed by atoms with Crippen molar-refractivity contribution in [3.8, 4) is 10.6 Å². The molecule has 0 atom stereocenters. The molecule has 136 valence electrons. The predicted octanol–water partition coefficient (Wildman–Crippen LogP) is 3.10. The van der Waals surface area contributed by atoms with Gasteiger partial charge in [-0.05, 0) is 36.4 Å². The molecule has 4 rings (SSSR count). The molecule has 3 heterocycles. The van der Waals surface area contributed by atoms with Crippen molar-refractivity contribution in [2.75, 3.05) is 0 Å². The lowest BCUT2D eigenvalue weighted by atomic mass is 10.2. The Kier molecular flexibility index (Phi) is 4.93. The van der Waals surface area contributed by atoms with Crippen molar-refractivity contribution in [2.45, 2.75) is 13.1 Å². The number of fused-ring (bicyclic) bond motifs is 1. The van der Waals surface area contributed by atoms with Crippen LogP contribution in [0.25, 0.3) is 21.6 Å². The normalized spacial score (nSPS) is 11.0. The van der Waals surface area contributed by atoms with E-state index in [-0.39, 0.29) is 0 Å². The highest BCUT2D eigenvalue weighted by Crippen LogP contribution is 2.26. The number of para-hydroxylation sites is 2. The predicted molar refractivity (Wildman–Crippen MR) is 103 cm³/mol. The molecule has 0 aliphatic rings. The van der Waals surface area contributed by atoms with Gasteiger partial charge in [-0.15, -0.1) is 11.3 Å². The molecule has 27 heavy (non-hydrogen) atoms. The summed E-state index contributed by atoms with van der Waals surface area (Å²) in [5.74, 6) is 0.361. The number of aromatic amines is 1. The van der Waals surface area contributed by atoms with Crippen LogP contribution in [-0.4, -0.2) is 26.1 Å². The van der Waals surface area contributed by atoms with Gasteiger partial charge in [0.15, 0.2) is 0 Å². The van der Waals surface area contributed by atoms with Gasteiger partial charge in [-0.2, -0.15) is 0 Å². The van der Waals surface area contributed by atoms with Gasteiger partial charge in [-0.25, -0.2) is 10.5 Å². The van der Waals surface area contributed by atoms with E-state index in [1.165, 1.54) is 11.3 Å². The second kappa shape index (κ2) is 7.67. The van der Waals surface area contributed by atoms with Crippen molar-refractivity contribution in [1.29, 1.82) is 0 Å². The number of thiophene rings is 1. The SMILES string of the molecule is O=C(NO)c1ccc(-c2cccc(CNCc3nc4ccccc4[nH]3)n2)s1. The highest BCUT2D eigenvalue weighted by Gasteiger charge is 2.10. The van der Waals surface area contributed by atoms with Crippen LogP contribution in [-0.2, 0) is 13.1 Å². The first kappa shape index (κ1) is 17.3. The number of pyridine rings is 1. The number of H-pyrrole nitrogens is 1. The third kappa shape index (κ3) is 3.87. The van der Waals surface area contributed by atoms with E-state index in [2.05, 4.69) is 20.3 Å². The Labute approximate surface area is 159 Å². The molecule has 1 aromatic carbocycles. The highest BCUT2D eigenvalue weighted by molar-refractivity contribution is 7.17. The lowest BCUT2D eigenvalue weighted by Gasteiger charge is -2.04. The van der Waals surface area contributed by atoms with Gasteiger partial charge >= 0.3 is 0 Å². The van der Waals surface area contributed by atoms with Gasteiger partial charge < -0.3 is 10.3 Å². The fourth-order valence-corrected chi connectivity index (χ4v) is 3.63. The molecule has 0 spiro atoms. The van der Waals surface area contributed by atoms with E-state index in [1.807, 2.05) is 48.5 Å². The molecule has 0 saturated heterocycles. The molecule has 4 N–H and O–H groups in total. The van der Waals surface area contributed by atoms with Crippen LogP contribution < -0.4 is 10.8 Å². The Morgan fingerprint density at radius 3 is 2.78 bits per heavy atom. The Hall–Kier alpha value is -3.07. The summed E-state index contributed by atoms with van der Waals surface area (Å²) in [5.41, 5.74) is 5.30. The zero-order valence-electron chi connectivity index (χ0n) is 14.3. The van der Waals surface area contributed by atoms with Gasteiger partial charge in [0.25, 0.3) is 5.91 Å². The molecule has 8 heteroatoms. The fourth-order valence-electron chi connectivity index (χ4n) is 2.77. The molecule has 0 fully saturated rings. The number of amides is 1. The number of carbonyl (C=O) groups is 1. The van der Waals surface area contributed by atoms with Crippen molar-refractivity contribution in [3.05, 3.63) is 71.0 Å². The van der Waals surface area contributed by atoms with Gasteiger partial charge in [0, 0.05) is 6.54 Å². The first-order valence-corrected chi connectivity index (χ1v) is 9.19. The van der Waals surface area contributed by atoms with Crippen LogP contribution in [0.2, 0.25) is 0 Å². The van der Waals surface area contributed by atoms with E-state index < -0.39 is 5.91 Å². The molecular formula is C19H17N5O2S. The molecule has 4 aromatic rings. The monoisotopic (exact) mass is 379 g/mol. The molecule has 0 unspecified atom stereocenters. The van der Waals surface area contributed by atoms with Crippen LogP contribution in [0.15, 0.2) is 54.6 Å². The molecule has 7 nitrogen and oxygen atoms in total. The summed E-state index contributed by atoms with van der Waals surface area (Å²) >= 11 is 1.28. The summed E-state index contributed by atoms with van der Waals surface area (Å²) in [6, 6.07) is 17.2. The first-order chi connectivity index (χ1) is 13.2. The summed E-state index contributed by atoms with van der Waals surface area (Å²) < 4.78 is 0. The zero-order valence-corrected chi connectivity index (χ0v) is 15.1. The second-order valence-electron chi connectivity index (χ2n) is 5.92. The third-order valence-electron chi connectivity index (χ3n) is 4.03. The largest absolute Gasteiger partial charge is 0.341 e. The minimum atomic E-state index is -0.519. The number of hydroxylamine groups is 1.